The smallest absolute Gasteiger partial charge is 0.242 e. The van der Waals surface area contributed by atoms with Crippen LogP contribution < -0.4 is 10.1 Å². The lowest BCUT2D eigenvalue weighted by atomic mass is 10.1. The molecule has 2 rings (SSSR count). The average Bonchev–Trinajstić information content (AvgIpc) is 2.77. The fraction of sp³-hybridized carbons (Fsp3) is 0.440. The van der Waals surface area contributed by atoms with Crippen LogP contribution in [0.4, 0.5) is 0 Å². The van der Waals surface area contributed by atoms with Crippen molar-refractivity contribution in [1.29, 1.82) is 0 Å². The number of hydrogen-bond acceptors (Lipinski definition) is 3. The molecule has 0 heterocycles. The number of nitrogens with zero attached hydrogens (tertiary/aromatic N) is 1. The van der Waals surface area contributed by atoms with E-state index in [0.29, 0.717) is 36.9 Å². The Morgan fingerprint density at radius 3 is 2.35 bits per heavy atom. The van der Waals surface area contributed by atoms with Crippen molar-refractivity contribution < 1.29 is 14.3 Å². The second-order valence-corrected chi connectivity index (χ2v) is 8.43. The zero-order valence-corrected chi connectivity index (χ0v) is 19.6. The van der Waals surface area contributed by atoms with Crippen molar-refractivity contribution in [3.8, 4) is 5.75 Å². The van der Waals surface area contributed by atoms with Gasteiger partial charge in [-0.25, -0.2) is 0 Å². The predicted octanol–water partition coefficient (Wildman–Crippen LogP) is 4.86. The maximum Gasteiger partial charge on any atom is 0.242 e. The van der Waals surface area contributed by atoms with Gasteiger partial charge in [-0.3, -0.25) is 9.59 Å². The minimum atomic E-state index is -0.528. The Balaban J connectivity index is 2.20. The van der Waals surface area contributed by atoms with E-state index in [9.17, 15) is 9.59 Å². The zero-order chi connectivity index (χ0) is 22.8. The van der Waals surface area contributed by atoms with E-state index in [1.807, 2.05) is 69.3 Å². The zero-order valence-electron chi connectivity index (χ0n) is 18.9. The number of carbonyl (C=O) groups is 2. The van der Waals surface area contributed by atoms with Crippen LogP contribution in [0.5, 0.6) is 5.75 Å². The number of ether oxygens (including phenoxy) is 1. The summed E-state index contributed by atoms with van der Waals surface area (Å²) >= 11 is 6.26. The second-order valence-electron chi connectivity index (χ2n) is 8.02. The van der Waals surface area contributed by atoms with Crippen LogP contribution in [0.1, 0.15) is 44.7 Å². The molecule has 0 aliphatic rings. The molecule has 168 valence electrons. The molecular weight excluding hydrogens is 412 g/mol. The molecule has 2 aromatic rings. The molecule has 0 radical (unpaired) electrons. The van der Waals surface area contributed by atoms with E-state index >= 15 is 0 Å². The molecule has 6 heteroatoms. The van der Waals surface area contributed by atoms with Crippen LogP contribution in [0.2, 0.25) is 5.02 Å². The molecule has 0 fully saturated rings. The van der Waals surface area contributed by atoms with E-state index in [4.69, 9.17) is 16.3 Å². The topological polar surface area (TPSA) is 58.6 Å². The molecule has 1 unspecified atom stereocenters. The summed E-state index contributed by atoms with van der Waals surface area (Å²) in [5.74, 6) is 0.910. The lowest BCUT2D eigenvalue weighted by molar-refractivity contribution is -0.141. The highest BCUT2D eigenvalue weighted by Crippen LogP contribution is 2.20. The average molecular weight is 445 g/mol. The largest absolute Gasteiger partial charge is 0.497 e. The molecule has 0 aliphatic heterocycles. The highest BCUT2D eigenvalue weighted by molar-refractivity contribution is 6.31. The van der Waals surface area contributed by atoms with E-state index in [2.05, 4.69) is 5.32 Å². The molecule has 0 saturated carbocycles. The fourth-order valence-electron chi connectivity index (χ4n) is 3.36. The molecular formula is C25H33ClN2O3. The van der Waals surface area contributed by atoms with Crippen molar-refractivity contribution >= 4 is 23.4 Å². The number of rotatable bonds is 11. The van der Waals surface area contributed by atoms with Crippen LogP contribution in [0, 0.1) is 5.92 Å². The van der Waals surface area contributed by atoms with Gasteiger partial charge in [-0.05, 0) is 48.1 Å². The number of amides is 2. The number of benzene rings is 2. The quantitative estimate of drug-likeness (QED) is 0.538. The van der Waals surface area contributed by atoms with Gasteiger partial charge in [-0.2, -0.15) is 0 Å². The maximum atomic E-state index is 13.3. The molecule has 31 heavy (non-hydrogen) atoms. The molecule has 2 amide bonds. The number of carbonyl (C=O) groups excluding carboxylic acids is 2. The van der Waals surface area contributed by atoms with Crippen LogP contribution >= 0.6 is 11.6 Å². The highest BCUT2D eigenvalue weighted by atomic mass is 35.5. The molecule has 1 atom stereocenters. The first-order valence-corrected chi connectivity index (χ1v) is 11.2. The van der Waals surface area contributed by atoms with Crippen LogP contribution in [0.25, 0.3) is 0 Å². The van der Waals surface area contributed by atoms with Gasteiger partial charge in [0.2, 0.25) is 11.8 Å². The summed E-state index contributed by atoms with van der Waals surface area (Å²) in [5.41, 5.74) is 1.88. The van der Waals surface area contributed by atoms with E-state index < -0.39 is 6.04 Å². The minimum Gasteiger partial charge on any atom is -0.497 e. The third kappa shape index (κ3) is 7.59. The molecule has 0 aliphatic carbocycles. The van der Waals surface area contributed by atoms with Gasteiger partial charge < -0.3 is 15.0 Å². The van der Waals surface area contributed by atoms with Crippen LogP contribution in [0.3, 0.4) is 0 Å². The number of halogens is 1. The summed E-state index contributed by atoms with van der Waals surface area (Å²) in [7, 11) is 1.62. The Morgan fingerprint density at radius 1 is 1.10 bits per heavy atom. The van der Waals surface area contributed by atoms with Gasteiger partial charge in [0.05, 0.1) is 7.11 Å². The molecule has 0 aromatic heterocycles. The summed E-state index contributed by atoms with van der Waals surface area (Å²) < 4.78 is 5.22. The Labute approximate surface area is 190 Å². The van der Waals surface area contributed by atoms with Crippen LogP contribution in [0.15, 0.2) is 48.5 Å². The number of nitrogens with one attached hydrogen (secondary N) is 1. The van der Waals surface area contributed by atoms with Crippen molar-refractivity contribution in [1.82, 2.24) is 10.2 Å². The minimum absolute atomic E-state index is 0.0673. The summed E-state index contributed by atoms with van der Waals surface area (Å²) in [5, 5.41) is 3.63. The van der Waals surface area contributed by atoms with E-state index in [0.717, 1.165) is 16.9 Å². The van der Waals surface area contributed by atoms with Gasteiger partial charge in [0.1, 0.15) is 11.8 Å². The third-order valence-corrected chi connectivity index (χ3v) is 5.52. The fourth-order valence-corrected chi connectivity index (χ4v) is 3.59. The number of aryl methyl sites for hydroxylation is 1. The first-order chi connectivity index (χ1) is 14.8. The molecule has 0 bridgehead atoms. The predicted molar refractivity (Wildman–Crippen MR) is 125 cm³/mol. The van der Waals surface area contributed by atoms with Gasteiger partial charge in [0.15, 0.2) is 0 Å². The lowest BCUT2D eigenvalue weighted by Gasteiger charge is -2.31. The molecule has 2 aromatic carbocycles. The van der Waals surface area contributed by atoms with Crippen LogP contribution in [-0.4, -0.2) is 36.4 Å². The SMILES string of the molecule is CCC(C(=O)NCC(C)C)N(Cc1ccc(OC)cc1)C(=O)CCc1ccccc1Cl. The second kappa shape index (κ2) is 12.4. The van der Waals surface area contributed by atoms with Crippen molar-refractivity contribution in [3.63, 3.8) is 0 Å². The first-order valence-electron chi connectivity index (χ1n) is 10.8. The van der Waals surface area contributed by atoms with Crippen LogP contribution in [-0.2, 0) is 22.6 Å². The summed E-state index contributed by atoms with van der Waals surface area (Å²) in [6.45, 7) is 6.97. The van der Waals surface area contributed by atoms with Gasteiger partial charge in [-0.1, -0.05) is 62.7 Å². The summed E-state index contributed by atoms with van der Waals surface area (Å²) in [6, 6.07) is 14.6. The number of hydrogen-bond donors (Lipinski definition) is 1. The van der Waals surface area contributed by atoms with Gasteiger partial charge in [0, 0.05) is 24.5 Å². The first kappa shape index (κ1) is 24.7. The van der Waals surface area contributed by atoms with Gasteiger partial charge in [-0.15, -0.1) is 0 Å². The summed E-state index contributed by atoms with van der Waals surface area (Å²) in [6.07, 6.45) is 1.35. The Hall–Kier alpha value is -2.53. The highest BCUT2D eigenvalue weighted by Gasteiger charge is 2.28. The van der Waals surface area contributed by atoms with Crippen molar-refractivity contribution in [3.05, 3.63) is 64.7 Å². The Bertz CT molecular complexity index is 852. The monoisotopic (exact) mass is 444 g/mol. The third-order valence-electron chi connectivity index (χ3n) is 5.15. The van der Waals surface area contributed by atoms with Crippen molar-refractivity contribution in [2.45, 2.75) is 52.6 Å². The summed E-state index contributed by atoms with van der Waals surface area (Å²) in [4.78, 5) is 27.9. The molecule has 1 N–H and O–H groups in total. The normalized spacial score (nSPS) is 11.8. The molecule has 5 nitrogen and oxygen atoms in total. The van der Waals surface area contributed by atoms with Crippen molar-refractivity contribution in [2.75, 3.05) is 13.7 Å². The Kier molecular flexibility index (Phi) is 9.86. The lowest BCUT2D eigenvalue weighted by Crippen LogP contribution is -2.49. The maximum absolute atomic E-state index is 13.3. The molecule has 0 spiro atoms. The van der Waals surface area contributed by atoms with E-state index in [1.54, 1.807) is 12.0 Å². The number of methoxy groups -OCH3 is 1. The Morgan fingerprint density at radius 2 is 1.77 bits per heavy atom. The molecule has 0 saturated heterocycles. The van der Waals surface area contributed by atoms with Gasteiger partial charge in [0.25, 0.3) is 0 Å². The van der Waals surface area contributed by atoms with Gasteiger partial charge >= 0.3 is 0 Å². The standard InChI is InChI=1S/C25H33ClN2O3/c1-5-23(25(30)27-16-18(2)3)28(17-19-10-13-21(31-4)14-11-19)24(29)15-12-20-8-6-7-9-22(20)26/h6-11,13-14,18,23H,5,12,15-17H2,1-4H3,(H,27,30). The van der Waals surface area contributed by atoms with E-state index in [-0.39, 0.29) is 18.2 Å². The van der Waals surface area contributed by atoms with Crippen molar-refractivity contribution in [2.24, 2.45) is 5.92 Å². The van der Waals surface area contributed by atoms with E-state index in [1.165, 1.54) is 0 Å².